The molecule has 0 unspecified atom stereocenters. The highest BCUT2D eigenvalue weighted by Crippen LogP contribution is 2.25. The van der Waals surface area contributed by atoms with Gasteiger partial charge in [0.2, 0.25) is 16.9 Å². The lowest BCUT2D eigenvalue weighted by Crippen LogP contribution is -2.44. The number of nitrogens with one attached hydrogen (secondary N) is 2. The second-order valence-corrected chi connectivity index (χ2v) is 7.22. The summed E-state index contributed by atoms with van der Waals surface area (Å²) in [7, 11) is 0. The molecule has 2 rings (SSSR count). The number of carbonyl (C=O) groups excluding carboxylic acids is 2. The zero-order valence-corrected chi connectivity index (χ0v) is 16.3. The predicted octanol–water partition coefficient (Wildman–Crippen LogP) is 3.86. The normalized spacial score (nSPS) is 13.0. The highest BCUT2D eigenvalue weighted by molar-refractivity contribution is 7.18. The summed E-state index contributed by atoms with van der Waals surface area (Å²) in [5.74, 6) is -0.401. The number of amides is 2. The van der Waals surface area contributed by atoms with Crippen LogP contribution in [-0.2, 0) is 9.59 Å². The fraction of sp³-hybridized carbons (Fsp3) is 0.474. The molecule has 2 atom stereocenters. The molecule has 0 aliphatic heterocycles. The summed E-state index contributed by atoms with van der Waals surface area (Å²) in [6, 6.07) is 9.04. The van der Waals surface area contributed by atoms with Gasteiger partial charge in [-0.25, -0.2) is 0 Å². The van der Waals surface area contributed by atoms with Crippen LogP contribution in [0.4, 0.5) is 5.13 Å². The molecule has 6 nitrogen and oxygen atoms in total. The van der Waals surface area contributed by atoms with Gasteiger partial charge in [0.05, 0.1) is 0 Å². The lowest BCUT2D eigenvalue weighted by atomic mass is 9.98. The zero-order valence-electron chi connectivity index (χ0n) is 15.5. The minimum atomic E-state index is -0.623. The average Bonchev–Trinajstić information content (AvgIpc) is 3.11. The minimum absolute atomic E-state index is 0.0450. The van der Waals surface area contributed by atoms with E-state index >= 15 is 0 Å². The number of rotatable bonds is 9. The molecule has 0 aliphatic rings. The van der Waals surface area contributed by atoms with Crippen LogP contribution in [0.1, 0.15) is 46.5 Å². The Kier molecular flexibility index (Phi) is 7.72. The van der Waals surface area contributed by atoms with Crippen molar-refractivity contribution in [3.05, 3.63) is 30.3 Å². The van der Waals surface area contributed by atoms with Crippen molar-refractivity contribution in [3.63, 3.8) is 0 Å². The molecule has 0 saturated carbocycles. The van der Waals surface area contributed by atoms with Gasteiger partial charge in [-0.2, -0.15) is 0 Å². The summed E-state index contributed by atoms with van der Waals surface area (Å²) in [6.07, 6.45) is 3.70. The number of aromatic nitrogens is 2. The summed E-state index contributed by atoms with van der Waals surface area (Å²) in [4.78, 5) is 24.7. The number of nitrogens with zero attached hydrogens (tertiary/aromatic N) is 2. The minimum Gasteiger partial charge on any atom is -0.344 e. The van der Waals surface area contributed by atoms with Crippen molar-refractivity contribution in [2.24, 2.45) is 5.92 Å². The first-order chi connectivity index (χ1) is 12.5. The van der Waals surface area contributed by atoms with Crippen molar-refractivity contribution in [2.45, 2.75) is 52.5 Å². The number of unbranched alkanes of at least 4 members (excludes halogenated alkanes) is 1. The predicted molar refractivity (Wildman–Crippen MR) is 105 cm³/mol. The van der Waals surface area contributed by atoms with Crippen molar-refractivity contribution < 1.29 is 9.59 Å². The lowest BCUT2D eigenvalue weighted by molar-refractivity contribution is -0.129. The maximum Gasteiger partial charge on any atom is 0.248 e. The lowest BCUT2D eigenvalue weighted by Gasteiger charge is -2.18. The molecular weight excluding hydrogens is 348 g/mol. The number of hydrogen-bond acceptors (Lipinski definition) is 5. The van der Waals surface area contributed by atoms with Gasteiger partial charge < -0.3 is 5.32 Å². The second-order valence-electron chi connectivity index (χ2n) is 6.25. The molecule has 0 saturated heterocycles. The van der Waals surface area contributed by atoms with Crippen molar-refractivity contribution >= 4 is 28.3 Å². The quantitative estimate of drug-likeness (QED) is 0.698. The summed E-state index contributed by atoms with van der Waals surface area (Å²) < 4.78 is 0. The maximum absolute atomic E-state index is 12.3. The van der Waals surface area contributed by atoms with E-state index in [1.165, 1.54) is 11.3 Å². The van der Waals surface area contributed by atoms with Gasteiger partial charge in [0.15, 0.2) is 0 Å². The van der Waals surface area contributed by atoms with Crippen LogP contribution in [0, 0.1) is 5.92 Å². The molecule has 1 aromatic carbocycles. The van der Waals surface area contributed by atoms with E-state index in [2.05, 4.69) is 27.8 Å². The summed E-state index contributed by atoms with van der Waals surface area (Å²) >= 11 is 1.31. The number of hydrogen-bond donors (Lipinski definition) is 2. The number of carbonyl (C=O) groups is 2. The number of benzene rings is 1. The first-order valence-corrected chi connectivity index (χ1v) is 9.86. The Labute approximate surface area is 158 Å². The van der Waals surface area contributed by atoms with E-state index in [1.807, 2.05) is 37.3 Å². The smallest absolute Gasteiger partial charge is 0.248 e. The second kappa shape index (κ2) is 10.0. The summed E-state index contributed by atoms with van der Waals surface area (Å²) in [5.41, 5.74) is 0.952. The zero-order chi connectivity index (χ0) is 18.9. The highest BCUT2D eigenvalue weighted by atomic mass is 32.1. The third-order valence-electron chi connectivity index (χ3n) is 4.20. The van der Waals surface area contributed by atoms with E-state index in [4.69, 9.17) is 0 Å². The van der Waals surface area contributed by atoms with E-state index in [-0.39, 0.29) is 17.7 Å². The first-order valence-electron chi connectivity index (χ1n) is 9.05. The highest BCUT2D eigenvalue weighted by Gasteiger charge is 2.22. The molecule has 0 aliphatic carbocycles. The molecule has 0 spiro atoms. The van der Waals surface area contributed by atoms with Crippen LogP contribution in [0.5, 0.6) is 0 Å². The van der Waals surface area contributed by atoms with E-state index in [1.54, 1.807) is 6.92 Å². The van der Waals surface area contributed by atoms with Crippen molar-refractivity contribution in [3.8, 4) is 10.6 Å². The molecule has 2 aromatic rings. The van der Waals surface area contributed by atoms with Gasteiger partial charge in [0.25, 0.3) is 0 Å². The maximum atomic E-state index is 12.3. The molecule has 0 fully saturated rings. The molecule has 7 heteroatoms. The van der Waals surface area contributed by atoms with Crippen LogP contribution in [0.15, 0.2) is 30.3 Å². The van der Waals surface area contributed by atoms with E-state index in [0.29, 0.717) is 5.13 Å². The Morgan fingerprint density at radius 2 is 1.85 bits per heavy atom. The molecular formula is C19H26N4O2S. The Balaban J connectivity index is 1.91. The van der Waals surface area contributed by atoms with Crippen molar-refractivity contribution in [2.75, 3.05) is 5.32 Å². The third-order valence-corrected chi connectivity index (χ3v) is 5.09. The van der Waals surface area contributed by atoms with Crippen molar-refractivity contribution in [1.29, 1.82) is 0 Å². The largest absolute Gasteiger partial charge is 0.344 e. The Morgan fingerprint density at radius 3 is 2.50 bits per heavy atom. The molecule has 1 aromatic heterocycles. The van der Waals surface area contributed by atoms with E-state index in [9.17, 15) is 9.59 Å². The molecule has 0 radical (unpaired) electrons. The topological polar surface area (TPSA) is 84.0 Å². The van der Waals surface area contributed by atoms with Crippen LogP contribution in [0.3, 0.4) is 0 Å². The summed E-state index contributed by atoms with van der Waals surface area (Å²) in [6.45, 7) is 5.78. The van der Waals surface area contributed by atoms with Gasteiger partial charge in [0, 0.05) is 11.5 Å². The van der Waals surface area contributed by atoms with Crippen LogP contribution in [-0.4, -0.2) is 28.1 Å². The van der Waals surface area contributed by atoms with Crippen LogP contribution < -0.4 is 10.6 Å². The Hall–Kier alpha value is -2.28. The van der Waals surface area contributed by atoms with Crippen LogP contribution in [0.25, 0.3) is 10.6 Å². The third kappa shape index (κ3) is 5.62. The Morgan fingerprint density at radius 1 is 1.12 bits per heavy atom. The first kappa shape index (κ1) is 20.0. The van der Waals surface area contributed by atoms with E-state index in [0.717, 1.165) is 36.3 Å². The molecule has 2 N–H and O–H groups in total. The molecule has 0 bridgehead atoms. The summed E-state index contributed by atoms with van der Waals surface area (Å²) in [5, 5.41) is 14.8. The SMILES string of the molecule is CCCC[C@@H](CC)C(=O)N[C@@H](C)C(=O)Nc1nnc(-c2ccccc2)s1. The molecule has 2 amide bonds. The number of anilines is 1. The van der Waals surface area contributed by atoms with E-state index < -0.39 is 6.04 Å². The van der Waals surface area contributed by atoms with Gasteiger partial charge in [-0.1, -0.05) is 68.4 Å². The van der Waals surface area contributed by atoms with Gasteiger partial charge in [0.1, 0.15) is 11.0 Å². The fourth-order valence-electron chi connectivity index (χ4n) is 2.55. The molecule has 26 heavy (non-hydrogen) atoms. The van der Waals surface area contributed by atoms with Crippen LogP contribution >= 0.6 is 11.3 Å². The van der Waals surface area contributed by atoms with Gasteiger partial charge in [-0.15, -0.1) is 10.2 Å². The molecule has 140 valence electrons. The standard InChI is InChI=1S/C19H26N4O2S/c1-4-6-10-14(5-2)17(25)20-13(3)16(24)21-19-23-22-18(26-19)15-11-8-7-9-12-15/h7-9,11-14H,4-6,10H2,1-3H3,(H,20,25)(H,21,23,24)/t13-,14+/m0/s1. The fourth-order valence-corrected chi connectivity index (χ4v) is 3.30. The van der Waals surface area contributed by atoms with Gasteiger partial charge in [-0.3, -0.25) is 14.9 Å². The monoisotopic (exact) mass is 374 g/mol. The molecule has 1 heterocycles. The average molecular weight is 375 g/mol. The van der Waals surface area contributed by atoms with Crippen LogP contribution in [0.2, 0.25) is 0 Å². The van der Waals surface area contributed by atoms with Gasteiger partial charge >= 0.3 is 0 Å². The van der Waals surface area contributed by atoms with Crippen molar-refractivity contribution in [1.82, 2.24) is 15.5 Å². The van der Waals surface area contributed by atoms with Gasteiger partial charge in [-0.05, 0) is 19.8 Å². The Bertz CT molecular complexity index is 717.